The summed E-state index contributed by atoms with van der Waals surface area (Å²) in [5.74, 6) is 2.16. The smallest absolute Gasteiger partial charge is 0.306 e. The zero-order valence-electron chi connectivity index (χ0n) is 12.0. The van der Waals surface area contributed by atoms with Crippen molar-refractivity contribution in [1.82, 2.24) is 14.8 Å². The number of hydrogen-bond acceptors (Lipinski definition) is 3. The number of carboxylic acids is 1. The first-order valence-corrected chi connectivity index (χ1v) is 7.11. The highest BCUT2D eigenvalue weighted by Crippen LogP contribution is 2.30. The summed E-state index contributed by atoms with van der Waals surface area (Å²) in [6.45, 7) is 7.17. The summed E-state index contributed by atoms with van der Waals surface area (Å²) < 4.78 is 2.20. The lowest BCUT2D eigenvalue weighted by Crippen LogP contribution is -2.24. The van der Waals surface area contributed by atoms with E-state index >= 15 is 0 Å². The molecule has 19 heavy (non-hydrogen) atoms. The topological polar surface area (TPSA) is 68.0 Å². The van der Waals surface area contributed by atoms with Crippen molar-refractivity contribution in [2.24, 2.45) is 11.8 Å². The molecule has 0 bridgehead atoms. The number of rotatable bonds is 4. The lowest BCUT2D eigenvalue weighted by molar-refractivity contribution is -0.143. The third-order valence-electron chi connectivity index (χ3n) is 4.12. The van der Waals surface area contributed by atoms with E-state index in [0.717, 1.165) is 43.9 Å². The molecular weight excluding hydrogens is 242 g/mol. The van der Waals surface area contributed by atoms with Crippen molar-refractivity contribution in [3.8, 4) is 0 Å². The van der Waals surface area contributed by atoms with Crippen LogP contribution in [0.25, 0.3) is 0 Å². The van der Waals surface area contributed by atoms with Crippen LogP contribution in [0.15, 0.2) is 0 Å². The van der Waals surface area contributed by atoms with Crippen LogP contribution in [0, 0.1) is 18.8 Å². The summed E-state index contributed by atoms with van der Waals surface area (Å²) in [5.41, 5.74) is 0. The number of hydrogen-bond donors (Lipinski definition) is 1. The van der Waals surface area contributed by atoms with E-state index in [1.165, 1.54) is 0 Å². The zero-order chi connectivity index (χ0) is 14.0. The van der Waals surface area contributed by atoms with Crippen LogP contribution in [-0.2, 0) is 11.3 Å². The maximum absolute atomic E-state index is 11.0. The molecule has 1 aromatic heterocycles. The largest absolute Gasteiger partial charge is 0.481 e. The molecule has 1 saturated carbocycles. The molecule has 1 aromatic rings. The average Bonchev–Trinajstić information content (AvgIpc) is 2.72. The monoisotopic (exact) mass is 265 g/mol. The molecule has 1 fully saturated rings. The van der Waals surface area contributed by atoms with Gasteiger partial charge in [-0.3, -0.25) is 4.79 Å². The van der Waals surface area contributed by atoms with Gasteiger partial charge in [-0.1, -0.05) is 13.8 Å². The van der Waals surface area contributed by atoms with Gasteiger partial charge in [0.1, 0.15) is 11.6 Å². The second kappa shape index (κ2) is 5.72. The van der Waals surface area contributed by atoms with Crippen LogP contribution in [0.1, 0.15) is 57.1 Å². The molecule has 106 valence electrons. The van der Waals surface area contributed by atoms with Crippen molar-refractivity contribution in [3.63, 3.8) is 0 Å². The van der Waals surface area contributed by atoms with Gasteiger partial charge in [0.2, 0.25) is 0 Å². The molecule has 5 nitrogen and oxygen atoms in total. The molecule has 0 radical (unpaired) electrons. The van der Waals surface area contributed by atoms with E-state index in [-0.39, 0.29) is 5.92 Å². The normalized spacial score (nSPS) is 23.8. The van der Waals surface area contributed by atoms with Crippen molar-refractivity contribution in [3.05, 3.63) is 11.6 Å². The first kappa shape index (κ1) is 14.0. The Kier molecular flexibility index (Phi) is 4.22. The lowest BCUT2D eigenvalue weighted by atomic mass is 9.82. The fourth-order valence-corrected chi connectivity index (χ4v) is 2.90. The number of aliphatic carboxylic acids is 1. The van der Waals surface area contributed by atoms with E-state index in [1.54, 1.807) is 0 Å². The van der Waals surface area contributed by atoms with Crippen LogP contribution in [-0.4, -0.2) is 25.8 Å². The Bertz CT molecular complexity index is 446. The van der Waals surface area contributed by atoms with Gasteiger partial charge >= 0.3 is 5.97 Å². The summed E-state index contributed by atoms with van der Waals surface area (Å²) in [5, 5.41) is 17.4. The van der Waals surface area contributed by atoms with Crippen LogP contribution in [0.5, 0.6) is 0 Å². The Labute approximate surface area is 114 Å². The quantitative estimate of drug-likeness (QED) is 0.908. The van der Waals surface area contributed by atoms with E-state index < -0.39 is 5.97 Å². The van der Waals surface area contributed by atoms with Gasteiger partial charge in [0, 0.05) is 12.5 Å². The number of aromatic nitrogens is 3. The van der Waals surface area contributed by atoms with Gasteiger partial charge < -0.3 is 9.67 Å². The van der Waals surface area contributed by atoms with Gasteiger partial charge in [-0.2, -0.15) is 0 Å². The van der Waals surface area contributed by atoms with Gasteiger partial charge in [0.25, 0.3) is 0 Å². The number of nitrogens with zero attached hydrogens (tertiary/aromatic N) is 3. The molecule has 0 aliphatic heterocycles. The van der Waals surface area contributed by atoms with Crippen molar-refractivity contribution in [1.29, 1.82) is 0 Å². The summed E-state index contributed by atoms with van der Waals surface area (Å²) in [6, 6.07) is 0. The maximum Gasteiger partial charge on any atom is 0.306 e. The maximum atomic E-state index is 11.0. The predicted molar refractivity (Wildman–Crippen MR) is 71.9 cm³/mol. The molecule has 1 aliphatic rings. The fourth-order valence-electron chi connectivity index (χ4n) is 2.90. The molecule has 5 heteroatoms. The molecule has 0 spiro atoms. The summed E-state index contributed by atoms with van der Waals surface area (Å²) in [7, 11) is 0. The lowest BCUT2D eigenvalue weighted by Gasteiger charge is -2.27. The van der Waals surface area contributed by atoms with E-state index in [4.69, 9.17) is 5.11 Å². The summed E-state index contributed by atoms with van der Waals surface area (Å²) in [6.07, 6.45) is 3.59. The first-order chi connectivity index (χ1) is 8.99. The number of carbonyl (C=O) groups is 1. The highest BCUT2D eigenvalue weighted by molar-refractivity contribution is 5.69. The Morgan fingerprint density at radius 1 is 1.32 bits per heavy atom. The van der Waals surface area contributed by atoms with Gasteiger partial charge in [-0.25, -0.2) is 0 Å². The van der Waals surface area contributed by atoms with Crippen LogP contribution < -0.4 is 0 Å². The third kappa shape index (κ3) is 3.14. The Morgan fingerprint density at radius 2 is 1.95 bits per heavy atom. The molecule has 0 atom stereocenters. The van der Waals surface area contributed by atoms with Gasteiger partial charge in [0.15, 0.2) is 0 Å². The van der Waals surface area contributed by atoms with Crippen LogP contribution >= 0.6 is 0 Å². The minimum absolute atomic E-state index is 0.136. The molecule has 1 aliphatic carbocycles. The van der Waals surface area contributed by atoms with E-state index in [9.17, 15) is 4.79 Å². The Morgan fingerprint density at radius 3 is 2.47 bits per heavy atom. The van der Waals surface area contributed by atoms with Crippen LogP contribution in [0.4, 0.5) is 0 Å². The zero-order valence-corrected chi connectivity index (χ0v) is 12.0. The highest BCUT2D eigenvalue weighted by atomic mass is 16.4. The van der Waals surface area contributed by atoms with Gasteiger partial charge in [0.05, 0.1) is 5.92 Å². The molecule has 1 heterocycles. The van der Waals surface area contributed by atoms with Crippen molar-refractivity contribution < 1.29 is 9.90 Å². The molecule has 0 amide bonds. The molecule has 0 aromatic carbocycles. The van der Waals surface area contributed by atoms with Gasteiger partial charge in [-0.05, 0) is 38.5 Å². The molecule has 0 unspecified atom stereocenters. The van der Waals surface area contributed by atoms with E-state index in [2.05, 4.69) is 28.6 Å². The highest BCUT2D eigenvalue weighted by Gasteiger charge is 2.27. The number of carboxylic acid groups (broad SMARTS) is 1. The minimum atomic E-state index is -0.637. The predicted octanol–water partition coefficient (Wildman–Crippen LogP) is 2.60. The fraction of sp³-hybridized carbons (Fsp3) is 0.786. The number of aryl methyl sites for hydroxylation is 1. The minimum Gasteiger partial charge on any atom is -0.481 e. The van der Waals surface area contributed by atoms with Crippen LogP contribution in [0.2, 0.25) is 0 Å². The third-order valence-corrected chi connectivity index (χ3v) is 4.12. The second-order valence-electron chi connectivity index (χ2n) is 5.93. The van der Waals surface area contributed by atoms with E-state index in [0.29, 0.717) is 11.8 Å². The Balaban J connectivity index is 1.99. The van der Waals surface area contributed by atoms with Crippen molar-refractivity contribution in [2.45, 2.75) is 58.9 Å². The SMILES string of the molecule is Cc1nnc(C(C)C)n1CC1CCC(C(=O)O)CC1. The standard InChI is InChI=1S/C14H23N3O2/c1-9(2)13-16-15-10(3)17(13)8-11-4-6-12(7-5-11)14(18)19/h9,11-12H,4-8H2,1-3H3,(H,18,19). The van der Waals surface area contributed by atoms with Crippen LogP contribution in [0.3, 0.4) is 0 Å². The van der Waals surface area contributed by atoms with Crippen molar-refractivity contribution >= 4 is 5.97 Å². The molecular formula is C14H23N3O2. The average molecular weight is 265 g/mol. The molecule has 2 rings (SSSR count). The first-order valence-electron chi connectivity index (χ1n) is 7.11. The van der Waals surface area contributed by atoms with Crippen molar-refractivity contribution in [2.75, 3.05) is 0 Å². The second-order valence-corrected chi connectivity index (χ2v) is 5.93. The summed E-state index contributed by atoms with van der Waals surface area (Å²) in [4.78, 5) is 11.0. The molecule has 1 N–H and O–H groups in total. The summed E-state index contributed by atoms with van der Waals surface area (Å²) >= 11 is 0. The van der Waals surface area contributed by atoms with E-state index in [1.807, 2.05) is 6.92 Å². The molecule has 0 saturated heterocycles. The van der Waals surface area contributed by atoms with Gasteiger partial charge in [-0.15, -0.1) is 10.2 Å². The Hall–Kier alpha value is -1.39.